The molecule has 0 bridgehead atoms. The Morgan fingerprint density at radius 2 is 1.76 bits per heavy atom. The van der Waals surface area contributed by atoms with Gasteiger partial charge in [0.05, 0.1) is 15.5 Å². The average molecular weight is 373 g/mol. The molecule has 3 unspecified atom stereocenters. The summed E-state index contributed by atoms with van der Waals surface area (Å²) >= 11 is 0. The summed E-state index contributed by atoms with van der Waals surface area (Å²) in [6.07, 6.45) is 12.6. The zero-order chi connectivity index (χ0) is 18.9. The molecule has 0 aromatic rings. The van der Waals surface area contributed by atoms with Crippen LogP contribution >= 0.6 is 9.47 Å². The third-order valence-electron chi connectivity index (χ3n) is 4.19. The number of nitrogens with two attached hydrogens (primary N) is 2. The highest BCUT2D eigenvalue weighted by Crippen LogP contribution is 2.18. The number of hydrogen-bond acceptors (Lipinski definition) is 5. The molecule has 0 aliphatic rings. The molecule has 0 aromatic carbocycles. The van der Waals surface area contributed by atoms with Crippen molar-refractivity contribution in [3.05, 3.63) is 23.6 Å². The standard InChI is InChI=1S/C19H41N4OP/c1-4-10-17(16(21)12-6-8-14-20)23-18(13-7-9-15-22-3)19(24-25)11-5-2/h10-11,16,18,22-23H,4-9,12-15,20-21,25H2,1-3H3/b17-10-,19-11+. The van der Waals surface area contributed by atoms with Crippen molar-refractivity contribution in [1.82, 2.24) is 10.6 Å². The summed E-state index contributed by atoms with van der Waals surface area (Å²) in [7, 11) is 4.38. The lowest BCUT2D eigenvalue weighted by Gasteiger charge is -2.27. The average Bonchev–Trinajstić information content (AvgIpc) is 2.61. The van der Waals surface area contributed by atoms with Crippen molar-refractivity contribution in [3.8, 4) is 0 Å². The van der Waals surface area contributed by atoms with Crippen LogP contribution in [0, 0.1) is 0 Å². The van der Waals surface area contributed by atoms with Crippen molar-refractivity contribution >= 4 is 9.47 Å². The van der Waals surface area contributed by atoms with E-state index in [9.17, 15) is 0 Å². The Bertz CT molecular complexity index is 374. The molecule has 0 spiro atoms. The van der Waals surface area contributed by atoms with Gasteiger partial charge in [-0.1, -0.05) is 26.3 Å². The second kappa shape index (κ2) is 16.8. The summed E-state index contributed by atoms with van der Waals surface area (Å²) in [5, 5.41) is 6.88. The number of allylic oxidation sites excluding steroid dienone is 2. The van der Waals surface area contributed by atoms with Gasteiger partial charge >= 0.3 is 0 Å². The van der Waals surface area contributed by atoms with Gasteiger partial charge in [0.1, 0.15) is 5.76 Å². The van der Waals surface area contributed by atoms with E-state index >= 15 is 0 Å². The van der Waals surface area contributed by atoms with Crippen molar-refractivity contribution < 1.29 is 4.52 Å². The van der Waals surface area contributed by atoms with Gasteiger partial charge in [-0.15, -0.1) is 0 Å². The first-order valence-electron chi connectivity index (χ1n) is 9.78. The van der Waals surface area contributed by atoms with Gasteiger partial charge in [0, 0.05) is 11.7 Å². The van der Waals surface area contributed by atoms with Crippen LogP contribution in [0.3, 0.4) is 0 Å². The van der Waals surface area contributed by atoms with Crippen LogP contribution in [-0.2, 0) is 4.52 Å². The van der Waals surface area contributed by atoms with Crippen LogP contribution in [-0.4, -0.2) is 32.2 Å². The maximum atomic E-state index is 6.44. The topological polar surface area (TPSA) is 85.3 Å². The molecule has 25 heavy (non-hydrogen) atoms. The summed E-state index contributed by atoms with van der Waals surface area (Å²) < 4.78 is 5.58. The van der Waals surface area contributed by atoms with E-state index in [1.807, 2.05) is 7.05 Å². The van der Waals surface area contributed by atoms with Crippen LogP contribution in [0.4, 0.5) is 0 Å². The minimum absolute atomic E-state index is 0.0266. The third-order valence-corrected chi connectivity index (χ3v) is 4.46. The van der Waals surface area contributed by atoms with E-state index in [0.29, 0.717) is 0 Å². The van der Waals surface area contributed by atoms with Crippen molar-refractivity contribution in [1.29, 1.82) is 0 Å². The summed E-state index contributed by atoms with van der Waals surface area (Å²) in [6.45, 7) is 6.04. The van der Waals surface area contributed by atoms with Gasteiger partial charge in [0.2, 0.25) is 0 Å². The Balaban J connectivity index is 4.98. The molecular formula is C19H41N4OP. The lowest BCUT2D eigenvalue weighted by Crippen LogP contribution is -2.39. The highest BCUT2D eigenvalue weighted by atomic mass is 31.0. The minimum Gasteiger partial charge on any atom is -0.483 e. The molecule has 0 amide bonds. The van der Waals surface area contributed by atoms with E-state index < -0.39 is 0 Å². The molecule has 5 nitrogen and oxygen atoms in total. The van der Waals surface area contributed by atoms with Crippen molar-refractivity contribution in [3.63, 3.8) is 0 Å². The third kappa shape index (κ3) is 11.6. The van der Waals surface area contributed by atoms with E-state index in [-0.39, 0.29) is 12.1 Å². The summed E-state index contributed by atoms with van der Waals surface area (Å²) in [5.41, 5.74) is 13.2. The molecule has 0 aromatic heterocycles. The fourth-order valence-corrected chi connectivity index (χ4v) is 3.07. The largest absolute Gasteiger partial charge is 0.483 e. The molecule has 3 atom stereocenters. The minimum atomic E-state index is 0.0266. The molecule has 6 heteroatoms. The van der Waals surface area contributed by atoms with Crippen molar-refractivity contribution in [2.45, 2.75) is 77.3 Å². The van der Waals surface area contributed by atoms with E-state index in [4.69, 9.17) is 16.0 Å². The van der Waals surface area contributed by atoms with Gasteiger partial charge in [0.25, 0.3) is 0 Å². The predicted octanol–water partition coefficient (Wildman–Crippen LogP) is 3.19. The molecule has 0 saturated heterocycles. The Morgan fingerprint density at radius 1 is 1.08 bits per heavy atom. The van der Waals surface area contributed by atoms with Crippen LogP contribution in [0.2, 0.25) is 0 Å². The summed E-state index contributed by atoms with van der Waals surface area (Å²) in [6, 6.07) is 0.186. The number of rotatable bonds is 16. The second-order valence-corrected chi connectivity index (χ2v) is 6.62. The lowest BCUT2D eigenvalue weighted by atomic mass is 10.0. The van der Waals surface area contributed by atoms with Crippen molar-refractivity contribution in [2.75, 3.05) is 20.1 Å². The lowest BCUT2D eigenvalue weighted by molar-refractivity contribution is 0.381. The highest BCUT2D eigenvalue weighted by molar-refractivity contribution is 7.10. The Labute approximate surface area is 157 Å². The van der Waals surface area contributed by atoms with Crippen LogP contribution in [0.1, 0.15) is 65.2 Å². The van der Waals surface area contributed by atoms with E-state index in [0.717, 1.165) is 75.9 Å². The molecule has 0 radical (unpaired) electrons. The van der Waals surface area contributed by atoms with Gasteiger partial charge in [-0.3, -0.25) is 0 Å². The van der Waals surface area contributed by atoms with Gasteiger partial charge in [-0.2, -0.15) is 0 Å². The molecule has 0 fully saturated rings. The SMILES string of the molecule is CC/C=C(\NC(CCCCNC)/C(=C\CC)OP)C(N)CCCCN. The number of hydrogen-bond donors (Lipinski definition) is 4. The smallest absolute Gasteiger partial charge is 0.117 e. The quantitative estimate of drug-likeness (QED) is 0.190. The van der Waals surface area contributed by atoms with Crippen LogP contribution in [0.15, 0.2) is 23.6 Å². The zero-order valence-corrected chi connectivity index (χ0v) is 17.7. The molecular weight excluding hydrogens is 331 g/mol. The first-order chi connectivity index (χ1) is 12.1. The highest BCUT2D eigenvalue weighted by Gasteiger charge is 2.18. The number of nitrogens with one attached hydrogen (secondary N) is 2. The zero-order valence-electron chi connectivity index (χ0n) is 16.5. The first kappa shape index (κ1) is 24.4. The van der Waals surface area contributed by atoms with E-state index in [1.54, 1.807) is 0 Å². The van der Waals surface area contributed by atoms with Gasteiger partial charge in [0.15, 0.2) is 0 Å². The summed E-state index contributed by atoms with van der Waals surface area (Å²) in [4.78, 5) is 0. The monoisotopic (exact) mass is 372 g/mol. The molecule has 0 aliphatic heterocycles. The van der Waals surface area contributed by atoms with Gasteiger partial charge < -0.3 is 26.6 Å². The van der Waals surface area contributed by atoms with Crippen LogP contribution in [0.5, 0.6) is 0 Å². The van der Waals surface area contributed by atoms with Crippen LogP contribution in [0.25, 0.3) is 0 Å². The molecule has 0 aliphatic carbocycles. The van der Waals surface area contributed by atoms with E-state index in [1.165, 1.54) is 0 Å². The Morgan fingerprint density at radius 3 is 2.32 bits per heavy atom. The Hall–Kier alpha value is -0.610. The normalized spacial score (nSPS) is 15.1. The first-order valence-corrected chi connectivity index (χ1v) is 10.2. The van der Waals surface area contributed by atoms with Crippen LogP contribution < -0.4 is 22.1 Å². The maximum Gasteiger partial charge on any atom is 0.117 e. The predicted molar refractivity (Wildman–Crippen MR) is 113 cm³/mol. The molecule has 0 saturated carbocycles. The maximum absolute atomic E-state index is 6.44. The molecule has 0 heterocycles. The van der Waals surface area contributed by atoms with Crippen molar-refractivity contribution in [2.24, 2.45) is 11.5 Å². The summed E-state index contributed by atoms with van der Waals surface area (Å²) in [5.74, 6) is 0.980. The fourth-order valence-electron chi connectivity index (χ4n) is 2.81. The molecule has 6 N–H and O–H groups in total. The van der Waals surface area contributed by atoms with Gasteiger partial charge in [-0.05, 0) is 71.2 Å². The Kier molecular flexibility index (Phi) is 16.4. The van der Waals surface area contributed by atoms with E-state index in [2.05, 4.69) is 46.1 Å². The fraction of sp³-hybridized carbons (Fsp3) is 0.789. The van der Waals surface area contributed by atoms with Gasteiger partial charge in [-0.25, -0.2) is 0 Å². The molecule has 0 rings (SSSR count). The second-order valence-electron chi connectivity index (χ2n) is 6.39. The number of unbranched alkanes of at least 4 members (excludes halogenated alkanes) is 2. The molecule has 148 valence electrons.